The second-order valence-electron chi connectivity index (χ2n) is 4.06. The fourth-order valence-corrected chi connectivity index (χ4v) is 2.42. The zero-order valence-corrected chi connectivity index (χ0v) is 12.8. The first-order valence-corrected chi connectivity index (χ1v) is 6.83. The normalized spacial score (nSPS) is 10.6. The Labute approximate surface area is 117 Å². The molecule has 0 aliphatic rings. The minimum atomic E-state index is 0.0322. The van der Waals surface area contributed by atoms with E-state index in [1.807, 2.05) is 13.8 Å². The zero-order valence-electron chi connectivity index (χ0n) is 11.2. The lowest BCUT2D eigenvalue weighted by molar-refractivity contribution is 0.0910. The highest BCUT2D eigenvalue weighted by atomic mass is 79.9. The van der Waals surface area contributed by atoms with Gasteiger partial charge in [0.1, 0.15) is 11.5 Å². The minimum Gasteiger partial charge on any atom is -0.496 e. The topological polar surface area (TPSA) is 35.5 Å². The van der Waals surface area contributed by atoms with Crippen LogP contribution in [0.5, 0.6) is 11.5 Å². The van der Waals surface area contributed by atoms with Crippen molar-refractivity contribution in [2.75, 3.05) is 14.2 Å². The van der Waals surface area contributed by atoms with E-state index in [4.69, 9.17) is 9.47 Å². The predicted molar refractivity (Wildman–Crippen MR) is 75.6 cm³/mol. The molecule has 18 heavy (non-hydrogen) atoms. The van der Waals surface area contributed by atoms with E-state index < -0.39 is 0 Å². The van der Waals surface area contributed by atoms with E-state index in [9.17, 15) is 4.79 Å². The Bertz CT molecular complexity index is 425. The Morgan fingerprint density at radius 1 is 1.17 bits per heavy atom. The molecule has 0 aliphatic heterocycles. The van der Waals surface area contributed by atoms with Crippen LogP contribution in [-0.4, -0.2) is 20.0 Å². The molecular weight excluding hydrogens is 296 g/mol. The van der Waals surface area contributed by atoms with Gasteiger partial charge in [0.2, 0.25) is 0 Å². The molecule has 0 saturated heterocycles. The van der Waals surface area contributed by atoms with E-state index in [1.54, 1.807) is 26.4 Å². The smallest absolute Gasteiger partial charge is 0.169 e. The van der Waals surface area contributed by atoms with Crippen LogP contribution in [0.25, 0.3) is 0 Å². The Kier molecular flexibility index (Phi) is 5.66. The summed E-state index contributed by atoms with van der Waals surface area (Å²) in [4.78, 5) is 12.4. The summed E-state index contributed by atoms with van der Waals surface area (Å²) in [6.45, 7) is 4.04. The molecule has 4 heteroatoms. The average Bonchev–Trinajstić information content (AvgIpc) is 2.39. The molecule has 1 rings (SSSR count). The van der Waals surface area contributed by atoms with Crippen LogP contribution < -0.4 is 9.47 Å². The summed E-state index contributed by atoms with van der Waals surface area (Å²) in [5.41, 5.74) is 0.589. The van der Waals surface area contributed by atoms with Crippen molar-refractivity contribution in [3.05, 3.63) is 22.2 Å². The van der Waals surface area contributed by atoms with E-state index in [1.165, 1.54) is 0 Å². The molecule has 0 saturated carbocycles. The number of methoxy groups -OCH3 is 2. The van der Waals surface area contributed by atoms with Crippen molar-refractivity contribution in [1.29, 1.82) is 0 Å². The van der Waals surface area contributed by atoms with Crippen LogP contribution in [0.3, 0.4) is 0 Å². The first kappa shape index (κ1) is 15.0. The van der Waals surface area contributed by atoms with Gasteiger partial charge in [-0.2, -0.15) is 0 Å². The summed E-state index contributed by atoms with van der Waals surface area (Å²) in [7, 11) is 3.15. The largest absolute Gasteiger partial charge is 0.496 e. The number of halogens is 1. The maximum absolute atomic E-state index is 12.4. The first-order chi connectivity index (χ1) is 8.58. The van der Waals surface area contributed by atoms with Gasteiger partial charge < -0.3 is 9.47 Å². The molecule has 0 aromatic heterocycles. The Balaban J connectivity index is 3.25. The molecule has 0 aliphatic carbocycles. The van der Waals surface area contributed by atoms with Crippen molar-refractivity contribution in [3.63, 3.8) is 0 Å². The predicted octanol–water partition coefficient (Wildman–Crippen LogP) is 4.09. The van der Waals surface area contributed by atoms with Gasteiger partial charge in [-0.25, -0.2) is 0 Å². The van der Waals surface area contributed by atoms with Crippen LogP contribution in [0.2, 0.25) is 0 Å². The number of benzene rings is 1. The molecular formula is C14H19BrO3. The van der Waals surface area contributed by atoms with Crippen molar-refractivity contribution in [2.45, 2.75) is 26.7 Å². The van der Waals surface area contributed by atoms with Crippen LogP contribution in [-0.2, 0) is 0 Å². The summed E-state index contributed by atoms with van der Waals surface area (Å²) in [5.74, 6) is 1.37. The second kappa shape index (κ2) is 6.78. The van der Waals surface area contributed by atoms with E-state index in [2.05, 4.69) is 15.9 Å². The molecule has 0 spiro atoms. The number of carbonyl (C=O) groups is 1. The molecule has 0 fully saturated rings. The van der Waals surface area contributed by atoms with Gasteiger partial charge in [-0.3, -0.25) is 4.79 Å². The van der Waals surface area contributed by atoms with Crippen LogP contribution in [0.1, 0.15) is 37.0 Å². The zero-order chi connectivity index (χ0) is 13.7. The number of ether oxygens (including phenoxy) is 2. The molecule has 0 N–H and O–H groups in total. The number of hydrogen-bond donors (Lipinski definition) is 0. The van der Waals surface area contributed by atoms with Crippen molar-refractivity contribution < 1.29 is 14.3 Å². The molecule has 0 radical (unpaired) electrons. The molecule has 0 heterocycles. The van der Waals surface area contributed by atoms with Gasteiger partial charge in [0.15, 0.2) is 5.78 Å². The first-order valence-electron chi connectivity index (χ1n) is 6.04. The fraction of sp³-hybridized carbons (Fsp3) is 0.500. The highest BCUT2D eigenvalue weighted by Gasteiger charge is 2.22. The molecule has 3 nitrogen and oxygen atoms in total. The highest BCUT2D eigenvalue weighted by Crippen LogP contribution is 2.34. The van der Waals surface area contributed by atoms with Crippen LogP contribution in [0.15, 0.2) is 16.6 Å². The number of Topliss-reactive ketones (excluding diaryl/α,β-unsaturated/α-hetero) is 1. The van der Waals surface area contributed by atoms with E-state index in [0.29, 0.717) is 17.1 Å². The molecule has 1 aromatic carbocycles. The molecule has 0 atom stereocenters. The number of rotatable bonds is 6. The lowest BCUT2D eigenvalue weighted by Gasteiger charge is -2.15. The minimum absolute atomic E-state index is 0.0322. The van der Waals surface area contributed by atoms with Crippen LogP contribution in [0.4, 0.5) is 0 Å². The Morgan fingerprint density at radius 3 is 2.17 bits per heavy atom. The maximum Gasteiger partial charge on any atom is 0.169 e. The Morgan fingerprint density at radius 2 is 1.72 bits per heavy atom. The lowest BCUT2D eigenvalue weighted by Crippen LogP contribution is -2.14. The number of hydrogen-bond acceptors (Lipinski definition) is 3. The third-order valence-corrected chi connectivity index (χ3v) is 3.72. The summed E-state index contributed by atoms with van der Waals surface area (Å²) in [6, 6.07) is 3.51. The van der Waals surface area contributed by atoms with Gasteiger partial charge in [-0.15, -0.1) is 0 Å². The fourth-order valence-electron chi connectivity index (χ4n) is 1.93. The molecule has 0 bridgehead atoms. The maximum atomic E-state index is 12.4. The summed E-state index contributed by atoms with van der Waals surface area (Å²) in [5, 5.41) is 0. The van der Waals surface area contributed by atoms with Gasteiger partial charge in [-0.1, -0.05) is 13.8 Å². The van der Waals surface area contributed by atoms with E-state index in [0.717, 1.165) is 17.3 Å². The summed E-state index contributed by atoms with van der Waals surface area (Å²) >= 11 is 3.39. The molecule has 1 aromatic rings. The third kappa shape index (κ3) is 3.05. The monoisotopic (exact) mass is 314 g/mol. The van der Waals surface area contributed by atoms with Crippen molar-refractivity contribution in [3.8, 4) is 11.5 Å². The average molecular weight is 315 g/mol. The summed E-state index contributed by atoms with van der Waals surface area (Å²) in [6.07, 6.45) is 1.66. The molecule has 0 unspecified atom stereocenters. The quantitative estimate of drug-likeness (QED) is 0.742. The lowest BCUT2D eigenvalue weighted by atomic mass is 9.92. The van der Waals surface area contributed by atoms with Crippen molar-refractivity contribution >= 4 is 21.7 Å². The highest BCUT2D eigenvalue weighted by molar-refractivity contribution is 9.10. The number of ketones is 1. The third-order valence-electron chi connectivity index (χ3n) is 3.10. The second-order valence-corrected chi connectivity index (χ2v) is 4.92. The molecule has 100 valence electrons. The van der Waals surface area contributed by atoms with E-state index in [-0.39, 0.29) is 11.7 Å². The van der Waals surface area contributed by atoms with Crippen molar-refractivity contribution in [1.82, 2.24) is 0 Å². The standard InChI is InChI=1S/C14H19BrO3/c1-5-9(6-2)14(16)10-7-13(18-4)11(15)8-12(10)17-3/h7-9H,5-6H2,1-4H3. The van der Waals surface area contributed by atoms with Crippen LogP contribution >= 0.6 is 15.9 Å². The Hall–Kier alpha value is -1.03. The molecule has 0 amide bonds. The van der Waals surface area contributed by atoms with Gasteiger partial charge in [0, 0.05) is 5.92 Å². The number of carbonyl (C=O) groups excluding carboxylic acids is 1. The van der Waals surface area contributed by atoms with Crippen LogP contribution in [0, 0.1) is 5.92 Å². The SMILES string of the molecule is CCC(CC)C(=O)c1cc(OC)c(Br)cc1OC. The van der Waals surface area contributed by atoms with Gasteiger partial charge >= 0.3 is 0 Å². The van der Waals surface area contributed by atoms with Gasteiger partial charge in [-0.05, 0) is 40.9 Å². The van der Waals surface area contributed by atoms with Gasteiger partial charge in [0.05, 0.1) is 24.3 Å². The summed E-state index contributed by atoms with van der Waals surface area (Å²) < 4.78 is 11.3. The van der Waals surface area contributed by atoms with Gasteiger partial charge in [0.25, 0.3) is 0 Å². The van der Waals surface area contributed by atoms with Crippen molar-refractivity contribution in [2.24, 2.45) is 5.92 Å². The van der Waals surface area contributed by atoms with E-state index >= 15 is 0 Å².